The molecule has 0 N–H and O–H groups in total. The summed E-state index contributed by atoms with van der Waals surface area (Å²) in [5, 5.41) is 0. The highest BCUT2D eigenvalue weighted by atomic mass is 16.7. The van der Waals surface area contributed by atoms with E-state index in [2.05, 4.69) is 0 Å². The zero-order chi connectivity index (χ0) is 18.4. The van der Waals surface area contributed by atoms with Gasteiger partial charge in [-0.1, -0.05) is 35.9 Å². The number of benzene rings is 1. The second kappa shape index (κ2) is 8.47. The molecule has 1 saturated carbocycles. The Labute approximate surface area is 153 Å². The van der Waals surface area contributed by atoms with Crippen molar-refractivity contribution in [2.75, 3.05) is 20.3 Å². The van der Waals surface area contributed by atoms with Crippen molar-refractivity contribution in [3.63, 3.8) is 0 Å². The van der Waals surface area contributed by atoms with Crippen molar-refractivity contribution >= 4 is 11.9 Å². The summed E-state index contributed by atoms with van der Waals surface area (Å²) in [4.78, 5) is 24.4. The molecule has 1 saturated heterocycles. The van der Waals surface area contributed by atoms with Gasteiger partial charge in [-0.15, -0.1) is 0 Å². The van der Waals surface area contributed by atoms with E-state index in [-0.39, 0.29) is 13.0 Å². The molecule has 0 aromatic heterocycles. The molecule has 26 heavy (non-hydrogen) atoms. The van der Waals surface area contributed by atoms with Crippen LogP contribution in [0.25, 0.3) is 0 Å². The zero-order valence-electron chi connectivity index (χ0n) is 15.0. The average molecular weight is 360 g/mol. The third kappa shape index (κ3) is 4.51. The van der Waals surface area contributed by atoms with Crippen LogP contribution in [0.15, 0.2) is 41.5 Å². The standard InChI is InChI=1S/C20H24O6/c1-23-19(22)17(13-18(21)24-14-15-5-3-2-4-6-15)16-7-9-20(10-8-16)25-11-12-26-20/h2-6H,7-14H2,1H3. The lowest BCUT2D eigenvalue weighted by atomic mass is 9.86. The molecule has 0 bridgehead atoms. The third-order valence-corrected chi connectivity index (χ3v) is 4.85. The molecule has 1 aromatic carbocycles. The molecule has 1 aromatic rings. The Morgan fingerprint density at radius 3 is 2.35 bits per heavy atom. The maximum atomic E-state index is 12.2. The van der Waals surface area contributed by atoms with Crippen molar-refractivity contribution in [1.82, 2.24) is 0 Å². The molecule has 6 heteroatoms. The maximum absolute atomic E-state index is 12.2. The summed E-state index contributed by atoms with van der Waals surface area (Å²) in [5.74, 6) is -1.42. The van der Waals surface area contributed by atoms with Crippen LogP contribution < -0.4 is 0 Å². The predicted molar refractivity (Wildman–Crippen MR) is 93.0 cm³/mol. The van der Waals surface area contributed by atoms with Gasteiger partial charge in [-0.3, -0.25) is 4.79 Å². The first-order valence-corrected chi connectivity index (χ1v) is 8.88. The molecule has 0 atom stereocenters. The number of hydrogen-bond acceptors (Lipinski definition) is 6. The van der Waals surface area contributed by atoms with Crippen molar-refractivity contribution in [1.29, 1.82) is 0 Å². The Balaban J connectivity index is 1.62. The van der Waals surface area contributed by atoms with Crippen molar-refractivity contribution < 1.29 is 28.5 Å². The van der Waals surface area contributed by atoms with Gasteiger partial charge in [0.1, 0.15) is 6.61 Å². The van der Waals surface area contributed by atoms with Crippen LogP contribution in [0.5, 0.6) is 0 Å². The average Bonchev–Trinajstić information content (AvgIpc) is 3.13. The lowest BCUT2D eigenvalue weighted by Gasteiger charge is -2.33. The second-order valence-electron chi connectivity index (χ2n) is 6.50. The third-order valence-electron chi connectivity index (χ3n) is 4.85. The van der Waals surface area contributed by atoms with Crippen molar-refractivity contribution in [3.05, 3.63) is 47.0 Å². The SMILES string of the molecule is COC(=O)C(CC(=O)OCc1ccccc1)=C1CCC2(CC1)OCCO2. The van der Waals surface area contributed by atoms with E-state index in [0.29, 0.717) is 44.5 Å². The first-order chi connectivity index (χ1) is 12.6. The van der Waals surface area contributed by atoms with Crippen LogP contribution in [0.1, 0.15) is 37.7 Å². The predicted octanol–water partition coefficient (Wildman–Crippen LogP) is 2.91. The van der Waals surface area contributed by atoms with E-state index in [1.807, 2.05) is 30.3 Å². The largest absolute Gasteiger partial charge is 0.466 e. The molecule has 1 spiro atoms. The first kappa shape index (κ1) is 18.6. The molecule has 2 fully saturated rings. The zero-order valence-corrected chi connectivity index (χ0v) is 15.0. The Morgan fingerprint density at radius 1 is 1.08 bits per heavy atom. The number of carbonyl (C=O) groups is 2. The van der Waals surface area contributed by atoms with Crippen molar-refractivity contribution in [3.8, 4) is 0 Å². The van der Waals surface area contributed by atoms with Gasteiger partial charge < -0.3 is 18.9 Å². The fraction of sp³-hybridized carbons (Fsp3) is 0.500. The van der Waals surface area contributed by atoms with Crippen LogP contribution in [-0.2, 0) is 35.1 Å². The second-order valence-corrected chi connectivity index (χ2v) is 6.50. The number of esters is 2. The summed E-state index contributed by atoms with van der Waals surface area (Å²) in [6.45, 7) is 1.40. The number of ether oxygens (including phenoxy) is 4. The van der Waals surface area contributed by atoms with Gasteiger partial charge >= 0.3 is 11.9 Å². The topological polar surface area (TPSA) is 71.1 Å². The number of allylic oxidation sites excluding steroid dienone is 1. The van der Waals surface area contributed by atoms with E-state index < -0.39 is 17.7 Å². The summed E-state index contributed by atoms with van der Waals surface area (Å²) >= 11 is 0. The molecule has 1 aliphatic carbocycles. The van der Waals surface area contributed by atoms with Crippen LogP contribution in [0, 0.1) is 0 Å². The van der Waals surface area contributed by atoms with Gasteiger partial charge in [0, 0.05) is 18.4 Å². The summed E-state index contributed by atoms with van der Waals surface area (Å²) < 4.78 is 21.6. The van der Waals surface area contributed by atoms with Crippen LogP contribution in [0.2, 0.25) is 0 Å². The van der Waals surface area contributed by atoms with Gasteiger partial charge in [0.2, 0.25) is 0 Å². The minimum Gasteiger partial charge on any atom is -0.466 e. The highest BCUT2D eigenvalue weighted by Gasteiger charge is 2.40. The fourth-order valence-corrected chi connectivity index (χ4v) is 3.42. The van der Waals surface area contributed by atoms with Crippen LogP contribution in [0.3, 0.4) is 0 Å². The van der Waals surface area contributed by atoms with Gasteiger partial charge in [0.05, 0.1) is 26.7 Å². The van der Waals surface area contributed by atoms with Gasteiger partial charge in [-0.25, -0.2) is 4.79 Å². The highest BCUT2D eigenvalue weighted by Crippen LogP contribution is 2.39. The molecule has 0 amide bonds. The Morgan fingerprint density at radius 2 is 1.73 bits per heavy atom. The lowest BCUT2D eigenvalue weighted by Crippen LogP contribution is -2.33. The van der Waals surface area contributed by atoms with Gasteiger partial charge in [0.15, 0.2) is 5.79 Å². The van der Waals surface area contributed by atoms with E-state index in [0.717, 1.165) is 11.1 Å². The van der Waals surface area contributed by atoms with E-state index in [4.69, 9.17) is 18.9 Å². The molecular weight excluding hydrogens is 336 g/mol. The van der Waals surface area contributed by atoms with Gasteiger partial charge in [-0.2, -0.15) is 0 Å². The van der Waals surface area contributed by atoms with E-state index in [1.165, 1.54) is 7.11 Å². The lowest BCUT2D eigenvalue weighted by molar-refractivity contribution is -0.171. The first-order valence-electron chi connectivity index (χ1n) is 8.88. The van der Waals surface area contributed by atoms with Gasteiger partial charge in [-0.05, 0) is 18.4 Å². The van der Waals surface area contributed by atoms with Crippen LogP contribution in [0.4, 0.5) is 0 Å². The number of methoxy groups -OCH3 is 1. The quantitative estimate of drug-likeness (QED) is 0.594. The van der Waals surface area contributed by atoms with E-state index in [9.17, 15) is 9.59 Å². The van der Waals surface area contributed by atoms with Crippen LogP contribution in [-0.4, -0.2) is 38.0 Å². The fourth-order valence-electron chi connectivity index (χ4n) is 3.42. The maximum Gasteiger partial charge on any atom is 0.334 e. The monoisotopic (exact) mass is 360 g/mol. The number of hydrogen-bond donors (Lipinski definition) is 0. The van der Waals surface area contributed by atoms with E-state index in [1.54, 1.807) is 0 Å². The Bertz CT molecular complexity index is 661. The smallest absolute Gasteiger partial charge is 0.334 e. The minimum absolute atomic E-state index is 0.0798. The summed E-state index contributed by atoms with van der Waals surface area (Å²) in [7, 11) is 1.33. The molecule has 3 rings (SSSR count). The Kier molecular flexibility index (Phi) is 6.06. The molecule has 140 valence electrons. The molecule has 1 aliphatic heterocycles. The molecule has 6 nitrogen and oxygen atoms in total. The molecular formula is C20H24O6. The number of rotatable bonds is 5. The molecule has 1 heterocycles. The summed E-state index contributed by atoms with van der Waals surface area (Å²) in [6, 6.07) is 9.44. The number of carbonyl (C=O) groups excluding carboxylic acids is 2. The molecule has 0 unspecified atom stereocenters. The van der Waals surface area contributed by atoms with Crippen molar-refractivity contribution in [2.45, 2.75) is 44.5 Å². The highest BCUT2D eigenvalue weighted by molar-refractivity contribution is 5.94. The van der Waals surface area contributed by atoms with Crippen LogP contribution >= 0.6 is 0 Å². The minimum atomic E-state index is -0.515. The normalized spacial score (nSPS) is 18.6. The van der Waals surface area contributed by atoms with E-state index >= 15 is 0 Å². The summed E-state index contributed by atoms with van der Waals surface area (Å²) in [5.41, 5.74) is 2.24. The Hall–Kier alpha value is -2.18. The summed E-state index contributed by atoms with van der Waals surface area (Å²) in [6.07, 6.45) is 2.58. The van der Waals surface area contributed by atoms with Gasteiger partial charge in [0.25, 0.3) is 0 Å². The van der Waals surface area contributed by atoms with Crippen molar-refractivity contribution in [2.24, 2.45) is 0 Å². The molecule has 2 aliphatic rings. The molecule has 0 radical (unpaired) electrons.